The molecule has 0 aliphatic rings. The topological polar surface area (TPSA) is 57.4 Å². The van der Waals surface area contributed by atoms with Crippen molar-refractivity contribution < 1.29 is 9.47 Å². The van der Waals surface area contributed by atoms with Crippen molar-refractivity contribution in [1.29, 1.82) is 0 Å². The molecular formula is C14H14N2O2S. The van der Waals surface area contributed by atoms with E-state index in [1.165, 1.54) is 0 Å². The monoisotopic (exact) mass is 274 g/mol. The molecule has 98 valence electrons. The zero-order valence-electron chi connectivity index (χ0n) is 10.7. The zero-order valence-corrected chi connectivity index (χ0v) is 11.5. The first-order chi connectivity index (χ1) is 9.10. The summed E-state index contributed by atoms with van der Waals surface area (Å²) >= 11 is 4.99. The molecular weight excluding hydrogens is 260 g/mol. The maximum absolute atomic E-state index is 5.74. The Kier molecular flexibility index (Phi) is 3.97. The molecule has 0 saturated heterocycles. The number of thiocarbonyl (C=S) groups is 1. The largest absolute Gasteiger partial charge is 0.497 e. The van der Waals surface area contributed by atoms with Crippen LogP contribution in [-0.2, 0) is 0 Å². The number of pyridine rings is 1. The number of hydrogen-bond acceptors (Lipinski definition) is 4. The number of rotatable bonds is 4. The molecule has 19 heavy (non-hydrogen) atoms. The number of ether oxygens (including phenoxy) is 2. The molecule has 2 N–H and O–H groups in total. The van der Waals surface area contributed by atoms with Gasteiger partial charge in [-0.2, -0.15) is 0 Å². The Labute approximate surface area is 117 Å². The minimum Gasteiger partial charge on any atom is -0.497 e. The van der Waals surface area contributed by atoms with E-state index in [4.69, 9.17) is 27.4 Å². The Morgan fingerprint density at radius 2 is 1.95 bits per heavy atom. The SMILES string of the molecule is COc1cccc(Oc2nc(C)ccc2C(N)=S)c1. The van der Waals surface area contributed by atoms with Crippen LogP contribution in [0.25, 0.3) is 0 Å². The molecule has 0 atom stereocenters. The summed E-state index contributed by atoms with van der Waals surface area (Å²) < 4.78 is 10.9. The van der Waals surface area contributed by atoms with E-state index >= 15 is 0 Å². The van der Waals surface area contributed by atoms with Gasteiger partial charge in [-0.05, 0) is 31.2 Å². The highest BCUT2D eigenvalue weighted by molar-refractivity contribution is 7.80. The Morgan fingerprint density at radius 1 is 1.21 bits per heavy atom. The van der Waals surface area contributed by atoms with Gasteiger partial charge in [0.15, 0.2) is 0 Å². The molecule has 2 rings (SSSR count). The van der Waals surface area contributed by atoms with Crippen molar-refractivity contribution in [3.8, 4) is 17.4 Å². The van der Waals surface area contributed by atoms with Gasteiger partial charge in [0.1, 0.15) is 16.5 Å². The van der Waals surface area contributed by atoms with Gasteiger partial charge < -0.3 is 15.2 Å². The van der Waals surface area contributed by atoms with Crippen LogP contribution in [0.15, 0.2) is 36.4 Å². The summed E-state index contributed by atoms with van der Waals surface area (Å²) in [5.41, 5.74) is 7.11. The van der Waals surface area contributed by atoms with Gasteiger partial charge in [-0.15, -0.1) is 0 Å². The van der Waals surface area contributed by atoms with Crippen molar-refractivity contribution in [3.63, 3.8) is 0 Å². The number of aromatic nitrogens is 1. The predicted octanol–water partition coefficient (Wildman–Crippen LogP) is 2.83. The molecule has 2 aromatic rings. The Balaban J connectivity index is 2.36. The van der Waals surface area contributed by atoms with Gasteiger partial charge in [0.25, 0.3) is 0 Å². The average Bonchev–Trinajstić information content (AvgIpc) is 2.38. The first-order valence-electron chi connectivity index (χ1n) is 5.69. The smallest absolute Gasteiger partial charge is 0.229 e. The summed E-state index contributed by atoms with van der Waals surface area (Å²) in [6, 6.07) is 10.9. The number of aryl methyl sites for hydroxylation is 1. The minimum atomic E-state index is 0.255. The number of nitrogens with zero attached hydrogens (tertiary/aromatic N) is 1. The van der Waals surface area contributed by atoms with Crippen LogP contribution >= 0.6 is 12.2 Å². The second-order valence-corrected chi connectivity index (χ2v) is 4.39. The molecule has 0 saturated carbocycles. The first-order valence-corrected chi connectivity index (χ1v) is 6.10. The second-order valence-electron chi connectivity index (χ2n) is 3.95. The molecule has 0 aliphatic carbocycles. The standard InChI is InChI=1S/C14H14N2O2S/c1-9-6-7-12(13(15)19)14(16-9)18-11-5-3-4-10(8-11)17-2/h3-8H,1-2H3,(H2,15,19). The minimum absolute atomic E-state index is 0.255. The maximum Gasteiger partial charge on any atom is 0.229 e. The number of nitrogens with two attached hydrogens (primary N) is 1. The fraction of sp³-hybridized carbons (Fsp3) is 0.143. The quantitative estimate of drug-likeness (QED) is 0.869. The van der Waals surface area contributed by atoms with E-state index < -0.39 is 0 Å². The summed E-state index contributed by atoms with van der Waals surface area (Å²) in [5.74, 6) is 1.73. The fourth-order valence-corrected chi connectivity index (χ4v) is 1.73. The summed E-state index contributed by atoms with van der Waals surface area (Å²) in [6.07, 6.45) is 0. The lowest BCUT2D eigenvalue weighted by atomic mass is 10.2. The third-order valence-corrected chi connectivity index (χ3v) is 2.74. The van der Waals surface area contributed by atoms with Gasteiger partial charge in [0, 0.05) is 11.8 Å². The highest BCUT2D eigenvalue weighted by atomic mass is 32.1. The molecule has 1 heterocycles. The van der Waals surface area contributed by atoms with E-state index in [9.17, 15) is 0 Å². The van der Waals surface area contributed by atoms with Crippen molar-refractivity contribution in [2.45, 2.75) is 6.92 Å². The van der Waals surface area contributed by atoms with Crippen LogP contribution in [0.5, 0.6) is 17.4 Å². The van der Waals surface area contributed by atoms with E-state index in [0.29, 0.717) is 22.9 Å². The van der Waals surface area contributed by atoms with Crippen molar-refractivity contribution in [3.05, 3.63) is 47.7 Å². The van der Waals surface area contributed by atoms with Gasteiger partial charge in [0.05, 0.1) is 12.7 Å². The Bertz CT molecular complexity index is 614. The fourth-order valence-electron chi connectivity index (χ4n) is 1.57. The van der Waals surface area contributed by atoms with E-state index in [2.05, 4.69) is 4.98 Å². The van der Waals surface area contributed by atoms with Crippen LogP contribution in [0.1, 0.15) is 11.3 Å². The highest BCUT2D eigenvalue weighted by Gasteiger charge is 2.10. The van der Waals surface area contributed by atoms with Crippen LogP contribution in [0.4, 0.5) is 0 Å². The van der Waals surface area contributed by atoms with E-state index in [-0.39, 0.29) is 4.99 Å². The molecule has 5 heteroatoms. The molecule has 0 unspecified atom stereocenters. The van der Waals surface area contributed by atoms with Crippen LogP contribution in [-0.4, -0.2) is 17.1 Å². The molecule has 0 spiro atoms. The van der Waals surface area contributed by atoms with E-state index in [1.807, 2.05) is 31.2 Å². The molecule has 0 radical (unpaired) electrons. The summed E-state index contributed by atoms with van der Waals surface area (Å²) in [6.45, 7) is 1.88. The number of benzene rings is 1. The zero-order chi connectivity index (χ0) is 13.8. The molecule has 4 nitrogen and oxygen atoms in total. The Morgan fingerprint density at radius 3 is 2.63 bits per heavy atom. The highest BCUT2D eigenvalue weighted by Crippen LogP contribution is 2.26. The average molecular weight is 274 g/mol. The molecule has 0 fully saturated rings. The van der Waals surface area contributed by atoms with Crippen molar-refractivity contribution in [2.75, 3.05) is 7.11 Å². The summed E-state index contributed by atoms with van der Waals surface area (Å²) in [7, 11) is 1.60. The molecule has 1 aromatic carbocycles. The Hall–Kier alpha value is -2.14. The van der Waals surface area contributed by atoms with Crippen molar-refractivity contribution >= 4 is 17.2 Å². The second kappa shape index (κ2) is 5.67. The molecule has 0 aliphatic heterocycles. The van der Waals surface area contributed by atoms with Gasteiger partial charge in [0.2, 0.25) is 5.88 Å². The number of methoxy groups -OCH3 is 1. The van der Waals surface area contributed by atoms with Gasteiger partial charge in [-0.1, -0.05) is 18.3 Å². The van der Waals surface area contributed by atoms with Crippen LogP contribution in [0.2, 0.25) is 0 Å². The van der Waals surface area contributed by atoms with E-state index in [1.54, 1.807) is 19.2 Å². The lowest BCUT2D eigenvalue weighted by Crippen LogP contribution is -2.12. The molecule has 0 amide bonds. The number of hydrogen-bond donors (Lipinski definition) is 1. The molecule has 0 bridgehead atoms. The maximum atomic E-state index is 5.74. The van der Waals surface area contributed by atoms with Gasteiger partial charge >= 0.3 is 0 Å². The predicted molar refractivity (Wildman–Crippen MR) is 77.9 cm³/mol. The third kappa shape index (κ3) is 3.20. The van der Waals surface area contributed by atoms with Crippen molar-refractivity contribution in [2.24, 2.45) is 5.73 Å². The summed E-state index contributed by atoms with van der Waals surface area (Å²) in [5, 5.41) is 0. The van der Waals surface area contributed by atoms with E-state index in [0.717, 1.165) is 5.69 Å². The lowest BCUT2D eigenvalue weighted by molar-refractivity contribution is 0.407. The van der Waals surface area contributed by atoms with Crippen LogP contribution in [0.3, 0.4) is 0 Å². The third-order valence-electron chi connectivity index (χ3n) is 2.52. The normalized spacial score (nSPS) is 10.0. The van der Waals surface area contributed by atoms with Crippen molar-refractivity contribution in [1.82, 2.24) is 4.98 Å². The summed E-state index contributed by atoms with van der Waals surface area (Å²) in [4.78, 5) is 4.57. The van der Waals surface area contributed by atoms with Gasteiger partial charge in [-0.3, -0.25) is 0 Å². The van der Waals surface area contributed by atoms with Gasteiger partial charge in [-0.25, -0.2) is 4.98 Å². The lowest BCUT2D eigenvalue weighted by Gasteiger charge is -2.10. The van der Waals surface area contributed by atoms with Crippen LogP contribution < -0.4 is 15.2 Å². The van der Waals surface area contributed by atoms with Crippen LogP contribution in [0, 0.1) is 6.92 Å². The first kappa shape index (κ1) is 13.3. The molecule has 1 aromatic heterocycles.